The molecule has 2 amide bonds. The van der Waals surface area contributed by atoms with Crippen LogP contribution in [0, 0.1) is 0 Å². The summed E-state index contributed by atoms with van der Waals surface area (Å²) in [5.41, 5.74) is 5.05. The third-order valence-electron chi connectivity index (χ3n) is 6.85. The second-order valence-electron chi connectivity index (χ2n) is 9.31. The summed E-state index contributed by atoms with van der Waals surface area (Å²) in [7, 11) is 4.08. The fourth-order valence-electron chi connectivity index (χ4n) is 4.99. The summed E-state index contributed by atoms with van der Waals surface area (Å²) in [5.74, 6) is 0.649. The Morgan fingerprint density at radius 2 is 1.75 bits per heavy atom. The van der Waals surface area contributed by atoms with E-state index in [1.165, 1.54) is 24.9 Å². The van der Waals surface area contributed by atoms with Crippen molar-refractivity contribution in [3.8, 4) is 11.1 Å². The SMILES string of the molecule is CN(C)c1ccc(-c2ccc3oc([C@@H]4CCCN4C(=O)NC4CCCCC4)nc3c2)cc1. The lowest BCUT2D eigenvalue weighted by atomic mass is 9.96. The Kier molecular flexibility index (Phi) is 5.77. The average molecular weight is 433 g/mol. The normalized spacial score (nSPS) is 19.4. The van der Waals surface area contributed by atoms with Gasteiger partial charge in [0.15, 0.2) is 5.58 Å². The predicted octanol–water partition coefficient (Wildman–Crippen LogP) is 5.74. The van der Waals surface area contributed by atoms with Crippen LogP contribution in [0.4, 0.5) is 10.5 Å². The molecule has 0 bridgehead atoms. The largest absolute Gasteiger partial charge is 0.438 e. The van der Waals surface area contributed by atoms with Gasteiger partial charge in [-0.15, -0.1) is 0 Å². The molecule has 1 atom stereocenters. The second kappa shape index (κ2) is 8.85. The highest BCUT2D eigenvalue weighted by Crippen LogP contribution is 2.34. The Hall–Kier alpha value is -3.02. The van der Waals surface area contributed by atoms with Gasteiger partial charge in [-0.25, -0.2) is 9.78 Å². The first kappa shape index (κ1) is 20.9. The molecule has 1 aliphatic carbocycles. The maximum absolute atomic E-state index is 13.0. The highest BCUT2D eigenvalue weighted by atomic mass is 16.4. The number of aromatic nitrogens is 1. The van der Waals surface area contributed by atoms with Gasteiger partial charge in [0.05, 0.1) is 0 Å². The van der Waals surface area contributed by atoms with E-state index in [9.17, 15) is 4.79 Å². The molecule has 2 fully saturated rings. The fourth-order valence-corrected chi connectivity index (χ4v) is 4.99. The molecule has 3 aromatic rings. The number of hydrogen-bond acceptors (Lipinski definition) is 4. The van der Waals surface area contributed by atoms with Crippen LogP contribution >= 0.6 is 0 Å². The van der Waals surface area contributed by atoms with Crippen molar-refractivity contribution in [1.82, 2.24) is 15.2 Å². The number of oxazole rings is 1. The van der Waals surface area contributed by atoms with Gasteiger partial charge >= 0.3 is 6.03 Å². The van der Waals surface area contributed by atoms with Crippen molar-refractivity contribution >= 4 is 22.8 Å². The molecule has 2 aliphatic rings. The summed E-state index contributed by atoms with van der Waals surface area (Å²) < 4.78 is 6.12. The van der Waals surface area contributed by atoms with Crippen LogP contribution in [-0.2, 0) is 0 Å². The monoisotopic (exact) mass is 432 g/mol. The van der Waals surface area contributed by atoms with E-state index in [-0.39, 0.29) is 12.1 Å². The van der Waals surface area contributed by atoms with Crippen LogP contribution in [0.3, 0.4) is 0 Å². The Morgan fingerprint density at radius 3 is 2.50 bits per heavy atom. The molecule has 2 aromatic carbocycles. The summed E-state index contributed by atoms with van der Waals surface area (Å²) in [6.07, 6.45) is 7.74. The van der Waals surface area contributed by atoms with Crippen LogP contribution < -0.4 is 10.2 Å². The van der Waals surface area contributed by atoms with Gasteiger partial charge in [-0.1, -0.05) is 37.5 Å². The Balaban J connectivity index is 1.35. The zero-order valence-electron chi connectivity index (χ0n) is 19.0. The molecule has 0 radical (unpaired) electrons. The highest BCUT2D eigenvalue weighted by Gasteiger charge is 2.34. The molecule has 32 heavy (non-hydrogen) atoms. The van der Waals surface area contributed by atoms with E-state index in [4.69, 9.17) is 9.40 Å². The number of carbonyl (C=O) groups is 1. The second-order valence-corrected chi connectivity index (χ2v) is 9.31. The lowest BCUT2D eigenvalue weighted by molar-refractivity contribution is 0.178. The number of likely N-dealkylation sites (tertiary alicyclic amines) is 1. The van der Waals surface area contributed by atoms with Gasteiger partial charge in [0.2, 0.25) is 5.89 Å². The van der Waals surface area contributed by atoms with E-state index in [1.807, 2.05) is 25.1 Å². The third kappa shape index (κ3) is 4.18. The van der Waals surface area contributed by atoms with Crippen molar-refractivity contribution in [1.29, 1.82) is 0 Å². The van der Waals surface area contributed by atoms with E-state index < -0.39 is 0 Å². The zero-order chi connectivity index (χ0) is 22.1. The van der Waals surface area contributed by atoms with Gasteiger partial charge in [0.25, 0.3) is 0 Å². The minimum Gasteiger partial charge on any atom is -0.438 e. The molecule has 1 saturated heterocycles. The number of carbonyl (C=O) groups excluding carboxylic acids is 1. The molecule has 1 saturated carbocycles. The molecule has 1 aliphatic heterocycles. The van der Waals surface area contributed by atoms with Gasteiger partial charge in [0, 0.05) is 32.4 Å². The number of nitrogens with one attached hydrogen (secondary N) is 1. The van der Waals surface area contributed by atoms with Crippen molar-refractivity contribution in [3.63, 3.8) is 0 Å². The minimum atomic E-state index is -0.0891. The van der Waals surface area contributed by atoms with E-state index in [2.05, 4.69) is 46.6 Å². The van der Waals surface area contributed by atoms with E-state index in [1.54, 1.807) is 0 Å². The van der Waals surface area contributed by atoms with Gasteiger partial charge in [-0.2, -0.15) is 0 Å². The topological polar surface area (TPSA) is 61.6 Å². The average Bonchev–Trinajstić information content (AvgIpc) is 3.46. The van der Waals surface area contributed by atoms with E-state index in [0.717, 1.165) is 54.5 Å². The number of hydrogen-bond donors (Lipinski definition) is 1. The van der Waals surface area contributed by atoms with Crippen molar-refractivity contribution in [2.24, 2.45) is 0 Å². The lowest BCUT2D eigenvalue weighted by Crippen LogP contribution is -2.45. The molecular weight excluding hydrogens is 400 g/mol. The zero-order valence-corrected chi connectivity index (χ0v) is 19.0. The maximum Gasteiger partial charge on any atom is 0.318 e. The number of amides is 2. The van der Waals surface area contributed by atoms with Crippen molar-refractivity contribution in [3.05, 3.63) is 48.4 Å². The number of urea groups is 1. The number of benzene rings is 2. The molecule has 6 nitrogen and oxygen atoms in total. The number of anilines is 1. The minimum absolute atomic E-state index is 0.0309. The molecule has 1 N–H and O–H groups in total. The highest BCUT2D eigenvalue weighted by molar-refractivity contribution is 5.81. The Bertz CT molecular complexity index is 1080. The van der Waals surface area contributed by atoms with E-state index in [0.29, 0.717) is 11.9 Å². The van der Waals surface area contributed by atoms with Crippen molar-refractivity contribution in [2.75, 3.05) is 25.5 Å². The molecule has 5 rings (SSSR count). The van der Waals surface area contributed by atoms with E-state index >= 15 is 0 Å². The first-order chi connectivity index (χ1) is 15.6. The molecule has 2 heterocycles. The van der Waals surface area contributed by atoms with Crippen LogP contribution in [0.25, 0.3) is 22.2 Å². The summed E-state index contributed by atoms with van der Waals surface area (Å²) in [6, 6.07) is 14.9. The summed E-state index contributed by atoms with van der Waals surface area (Å²) in [5, 5.41) is 3.25. The van der Waals surface area contributed by atoms with Gasteiger partial charge in [-0.05, 0) is 61.1 Å². The number of rotatable bonds is 4. The smallest absolute Gasteiger partial charge is 0.318 e. The Morgan fingerprint density at radius 1 is 1.00 bits per heavy atom. The molecule has 1 aromatic heterocycles. The van der Waals surface area contributed by atoms with Gasteiger partial charge < -0.3 is 19.5 Å². The molecule has 0 spiro atoms. The van der Waals surface area contributed by atoms with Crippen molar-refractivity contribution < 1.29 is 9.21 Å². The maximum atomic E-state index is 13.0. The first-order valence-corrected chi connectivity index (χ1v) is 11.8. The quantitative estimate of drug-likeness (QED) is 0.571. The van der Waals surface area contributed by atoms with Crippen LogP contribution in [0.5, 0.6) is 0 Å². The van der Waals surface area contributed by atoms with Crippen molar-refractivity contribution in [2.45, 2.75) is 57.0 Å². The summed E-state index contributed by atoms with van der Waals surface area (Å²) in [6.45, 7) is 0.755. The lowest BCUT2D eigenvalue weighted by Gasteiger charge is -2.28. The molecular formula is C26H32N4O2. The summed E-state index contributed by atoms with van der Waals surface area (Å²) in [4.78, 5) is 21.8. The predicted molar refractivity (Wildman–Crippen MR) is 128 cm³/mol. The first-order valence-electron chi connectivity index (χ1n) is 11.8. The van der Waals surface area contributed by atoms with Crippen LogP contribution in [-0.4, -0.2) is 42.6 Å². The fraction of sp³-hybridized carbons (Fsp3) is 0.462. The summed E-state index contributed by atoms with van der Waals surface area (Å²) >= 11 is 0. The third-order valence-corrected chi connectivity index (χ3v) is 6.85. The molecule has 168 valence electrons. The van der Waals surface area contributed by atoms with Crippen LogP contribution in [0.2, 0.25) is 0 Å². The van der Waals surface area contributed by atoms with Gasteiger partial charge in [0.1, 0.15) is 11.6 Å². The number of nitrogens with zero attached hydrogens (tertiary/aromatic N) is 3. The molecule has 6 heteroatoms. The molecule has 0 unspecified atom stereocenters. The number of fused-ring (bicyclic) bond motifs is 1. The van der Waals surface area contributed by atoms with Gasteiger partial charge in [-0.3, -0.25) is 0 Å². The van der Waals surface area contributed by atoms with Crippen LogP contribution in [0.1, 0.15) is 56.9 Å². The standard InChI is InChI=1S/C26H32N4O2/c1-29(2)21-13-10-18(11-14-21)19-12-15-24-22(17-19)28-25(32-24)23-9-6-16-30(23)26(31)27-20-7-4-3-5-8-20/h10-15,17,20,23H,3-9,16H2,1-2H3,(H,27,31)/t23-/m0/s1. The van der Waals surface area contributed by atoms with Crippen LogP contribution in [0.15, 0.2) is 46.9 Å². The Labute approximate surface area is 189 Å².